The Labute approximate surface area is 150 Å². The van der Waals surface area contributed by atoms with E-state index in [2.05, 4.69) is 12.2 Å². The van der Waals surface area contributed by atoms with Crippen molar-refractivity contribution in [3.8, 4) is 0 Å². The summed E-state index contributed by atoms with van der Waals surface area (Å²) in [5, 5.41) is 28.0. The van der Waals surface area contributed by atoms with Gasteiger partial charge in [0.2, 0.25) is 0 Å². The third kappa shape index (κ3) is 9.70. The summed E-state index contributed by atoms with van der Waals surface area (Å²) in [5.74, 6) is 0.396. The Morgan fingerprint density at radius 1 is 1.04 bits per heavy atom. The lowest BCUT2D eigenvalue weighted by molar-refractivity contribution is -0.137. The Bertz CT molecular complexity index is 359. The first kappa shape index (κ1) is 21.5. The van der Waals surface area contributed by atoms with Gasteiger partial charge in [-0.25, -0.2) is 0 Å². The van der Waals surface area contributed by atoms with Crippen molar-refractivity contribution in [2.24, 2.45) is 5.92 Å². The van der Waals surface area contributed by atoms with E-state index >= 15 is 0 Å². The van der Waals surface area contributed by atoms with Gasteiger partial charge in [-0.1, -0.05) is 44.3 Å². The van der Waals surface area contributed by atoms with E-state index in [1.807, 2.05) is 11.8 Å². The highest BCUT2D eigenvalue weighted by molar-refractivity contribution is 8.00. The van der Waals surface area contributed by atoms with Gasteiger partial charge < -0.3 is 15.3 Å². The molecule has 140 valence electrons. The summed E-state index contributed by atoms with van der Waals surface area (Å²) >= 11 is 1.88. The predicted molar refractivity (Wildman–Crippen MR) is 100 cm³/mol. The number of hydrogen-bond acceptors (Lipinski definition) is 4. The third-order valence-corrected chi connectivity index (χ3v) is 6.13. The molecule has 1 heterocycles. The molecule has 0 bridgehead atoms. The minimum atomic E-state index is -0.703. The molecule has 0 aromatic heterocycles. The van der Waals surface area contributed by atoms with Crippen LogP contribution in [0.3, 0.4) is 0 Å². The lowest BCUT2D eigenvalue weighted by atomic mass is 9.94. The van der Waals surface area contributed by atoms with Gasteiger partial charge in [-0.2, -0.15) is 11.8 Å². The third-order valence-electron chi connectivity index (χ3n) is 4.62. The van der Waals surface area contributed by atoms with E-state index in [0.717, 1.165) is 70.0 Å². The molecule has 3 atom stereocenters. The molecule has 0 radical (unpaired) electrons. The fourth-order valence-electron chi connectivity index (χ4n) is 3.18. The minimum Gasteiger partial charge on any atom is -0.481 e. The molecule has 1 aliphatic rings. The Kier molecular flexibility index (Phi) is 12.3. The van der Waals surface area contributed by atoms with Crippen molar-refractivity contribution in [2.45, 2.75) is 82.0 Å². The van der Waals surface area contributed by atoms with Crippen molar-refractivity contribution in [2.75, 3.05) is 12.4 Å². The molecule has 1 rings (SSSR count). The number of thioether (sulfide) groups is 1. The highest BCUT2D eigenvalue weighted by Crippen LogP contribution is 2.37. The van der Waals surface area contributed by atoms with Crippen LogP contribution in [0.25, 0.3) is 0 Å². The molecule has 0 aromatic rings. The van der Waals surface area contributed by atoms with Crippen molar-refractivity contribution in [3.05, 3.63) is 12.2 Å². The largest absolute Gasteiger partial charge is 0.481 e. The normalized spacial score (nSPS) is 24.0. The van der Waals surface area contributed by atoms with E-state index < -0.39 is 5.97 Å². The maximum atomic E-state index is 10.5. The standard InChI is InChI=1S/C19H34O4S/c20-14-10-6-2-1-3-7-11-16-17(21)15-24-18(16)12-8-4-5-9-13-19(22)23/h7,11,16-18,20-21H,1-6,8-10,12-15H2,(H,22,23)/t16-,17-,18+/m1/s1. The summed E-state index contributed by atoms with van der Waals surface area (Å²) in [4.78, 5) is 10.5. The van der Waals surface area contributed by atoms with Crippen molar-refractivity contribution >= 4 is 17.7 Å². The number of aliphatic carboxylic acids is 1. The maximum Gasteiger partial charge on any atom is 0.303 e. The number of hydrogen-bond donors (Lipinski definition) is 3. The molecule has 0 aromatic carbocycles. The first-order valence-corrected chi connectivity index (χ1v) is 10.5. The summed E-state index contributed by atoms with van der Waals surface area (Å²) in [6, 6.07) is 0. The zero-order valence-corrected chi connectivity index (χ0v) is 15.6. The highest BCUT2D eigenvalue weighted by atomic mass is 32.2. The van der Waals surface area contributed by atoms with Gasteiger partial charge in [-0.3, -0.25) is 4.79 Å². The molecule has 0 aliphatic carbocycles. The average Bonchev–Trinajstić information content (AvgIpc) is 2.90. The van der Waals surface area contributed by atoms with Crippen molar-refractivity contribution in [1.29, 1.82) is 0 Å². The number of carboxylic acids is 1. The Morgan fingerprint density at radius 2 is 1.75 bits per heavy atom. The van der Waals surface area contributed by atoms with Crippen molar-refractivity contribution in [1.82, 2.24) is 0 Å². The van der Waals surface area contributed by atoms with Crippen LogP contribution in [0.15, 0.2) is 12.2 Å². The van der Waals surface area contributed by atoms with E-state index in [0.29, 0.717) is 11.9 Å². The number of aliphatic hydroxyl groups excluding tert-OH is 2. The number of unbranched alkanes of at least 4 members (excludes halogenated alkanes) is 7. The van der Waals surface area contributed by atoms with Gasteiger partial charge in [0.1, 0.15) is 0 Å². The van der Waals surface area contributed by atoms with E-state index in [4.69, 9.17) is 10.2 Å². The predicted octanol–water partition coefficient (Wildman–Crippen LogP) is 4.00. The van der Waals surface area contributed by atoms with E-state index in [1.165, 1.54) is 0 Å². The van der Waals surface area contributed by atoms with Gasteiger partial charge in [0.05, 0.1) is 6.10 Å². The summed E-state index contributed by atoms with van der Waals surface area (Å²) in [6.07, 6.45) is 14.9. The maximum absolute atomic E-state index is 10.5. The SMILES string of the molecule is O=C(O)CCCCCC[C@@H]1SC[C@@H](O)[C@H]1C=CCCCCCCO. The topological polar surface area (TPSA) is 77.8 Å². The Balaban J connectivity index is 2.15. The van der Waals surface area contributed by atoms with Crippen LogP contribution in [0.5, 0.6) is 0 Å². The molecule has 3 N–H and O–H groups in total. The molecule has 4 nitrogen and oxygen atoms in total. The number of aliphatic hydroxyl groups is 2. The van der Waals surface area contributed by atoms with Gasteiger partial charge in [0, 0.05) is 29.9 Å². The van der Waals surface area contributed by atoms with Gasteiger partial charge in [0.25, 0.3) is 0 Å². The molecule has 0 saturated carbocycles. The lowest BCUT2D eigenvalue weighted by Crippen LogP contribution is -2.21. The van der Waals surface area contributed by atoms with Crippen LogP contribution in [0.1, 0.15) is 70.6 Å². The number of allylic oxidation sites excluding steroid dienone is 1. The summed E-state index contributed by atoms with van der Waals surface area (Å²) < 4.78 is 0. The highest BCUT2D eigenvalue weighted by Gasteiger charge is 2.32. The molecule has 0 unspecified atom stereocenters. The lowest BCUT2D eigenvalue weighted by Gasteiger charge is -2.17. The van der Waals surface area contributed by atoms with Crippen LogP contribution in [-0.4, -0.2) is 45.0 Å². The zero-order valence-electron chi connectivity index (χ0n) is 14.7. The molecule has 0 amide bonds. The van der Waals surface area contributed by atoms with Gasteiger partial charge in [-0.05, 0) is 32.1 Å². The summed E-state index contributed by atoms with van der Waals surface area (Å²) in [6.45, 7) is 0.291. The van der Waals surface area contributed by atoms with Crippen molar-refractivity contribution in [3.63, 3.8) is 0 Å². The van der Waals surface area contributed by atoms with E-state index in [9.17, 15) is 9.90 Å². The first-order valence-electron chi connectivity index (χ1n) is 9.44. The van der Waals surface area contributed by atoms with E-state index in [1.54, 1.807) is 0 Å². The molecule has 24 heavy (non-hydrogen) atoms. The number of carboxylic acid groups (broad SMARTS) is 1. The fraction of sp³-hybridized carbons (Fsp3) is 0.842. The second kappa shape index (κ2) is 13.7. The smallest absolute Gasteiger partial charge is 0.303 e. The van der Waals surface area contributed by atoms with Gasteiger partial charge >= 0.3 is 5.97 Å². The zero-order chi connectivity index (χ0) is 17.6. The number of carbonyl (C=O) groups is 1. The first-order chi connectivity index (χ1) is 11.6. The molecule has 1 fully saturated rings. The van der Waals surface area contributed by atoms with E-state index in [-0.39, 0.29) is 18.4 Å². The molecule has 1 saturated heterocycles. The van der Waals surface area contributed by atoms with Gasteiger partial charge in [0.15, 0.2) is 0 Å². The fourth-order valence-corrected chi connectivity index (χ4v) is 4.67. The molecule has 5 heteroatoms. The van der Waals surface area contributed by atoms with Crippen LogP contribution in [0, 0.1) is 5.92 Å². The second-order valence-electron chi connectivity index (χ2n) is 6.72. The average molecular weight is 359 g/mol. The van der Waals surface area contributed by atoms with Gasteiger partial charge in [-0.15, -0.1) is 0 Å². The molecular formula is C19H34O4S. The van der Waals surface area contributed by atoms with Crippen LogP contribution < -0.4 is 0 Å². The molecular weight excluding hydrogens is 324 g/mol. The molecule has 0 spiro atoms. The number of rotatable bonds is 14. The quantitative estimate of drug-likeness (QED) is 0.323. The summed E-state index contributed by atoms with van der Waals surface area (Å²) in [7, 11) is 0. The van der Waals surface area contributed by atoms with Crippen LogP contribution in [0.2, 0.25) is 0 Å². The Hall–Kier alpha value is -0.520. The Morgan fingerprint density at radius 3 is 2.50 bits per heavy atom. The van der Waals surface area contributed by atoms with Crippen LogP contribution >= 0.6 is 11.8 Å². The summed E-state index contributed by atoms with van der Waals surface area (Å²) in [5.41, 5.74) is 0. The van der Waals surface area contributed by atoms with Crippen LogP contribution in [-0.2, 0) is 4.79 Å². The van der Waals surface area contributed by atoms with Crippen molar-refractivity contribution < 1.29 is 20.1 Å². The minimum absolute atomic E-state index is 0.224. The van der Waals surface area contributed by atoms with Crippen LogP contribution in [0.4, 0.5) is 0 Å². The second-order valence-corrected chi connectivity index (χ2v) is 7.99. The monoisotopic (exact) mass is 358 g/mol. The molecule has 1 aliphatic heterocycles.